The van der Waals surface area contributed by atoms with Gasteiger partial charge >= 0.3 is 0 Å². The Labute approximate surface area is 103 Å². The highest BCUT2D eigenvalue weighted by molar-refractivity contribution is 5.46. The van der Waals surface area contributed by atoms with Crippen LogP contribution in [0.3, 0.4) is 0 Å². The second kappa shape index (κ2) is 5.00. The number of aryl methyl sites for hydroxylation is 2. The van der Waals surface area contributed by atoms with Gasteiger partial charge in [0.25, 0.3) is 0 Å². The smallest absolute Gasteiger partial charge is 0.135 e. The SMILES string of the molecule is CCC[C@H]1CN(c2nc(C)ncc2C)C[C@@H]1N. The molecule has 1 fully saturated rings. The summed E-state index contributed by atoms with van der Waals surface area (Å²) in [5.74, 6) is 2.50. The molecule has 0 aromatic carbocycles. The fourth-order valence-corrected chi connectivity index (χ4v) is 2.58. The van der Waals surface area contributed by atoms with E-state index in [2.05, 4.69) is 28.7 Å². The first-order chi connectivity index (χ1) is 8.11. The molecule has 0 aliphatic carbocycles. The van der Waals surface area contributed by atoms with Crippen LogP contribution in [0.2, 0.25) is 0 Å². The standard InChI is InChI=1S/C13H22N4/c1-4-5-11-7-17(8-12(11)14)13-9(2)6-15-10(3)16-13/h6,11-12H,4-5,7-8,14H2,1-3H3/t11-,12-/m0/s1. The van der Waals surface area contributed by atoms with Crippen LogP contribution in [-0.4, -0.2) is 29.1 Å². The van der Waals surface area contributed by atoms with E-state index < -0.39 is 0 Å². The molecule has 1 saturated heterocycles. The van der Waals surface area contributed by atoms with Crippen LogP contribution >= 0.6 is 0 Å². The predicted molar refractivity (Wildman–Crippen MR) is 70.1 cm³/mol. The minimum absolute atomic E-state index is 0.282. The van der Waals surface area contributed by atoms with Gasteiger partial charge in [-0.2, -0.15) is 0 Å². The Kier molecular flexibility index (Phi) is 3.62. The lowest BCUT2D eigenvalue weighted by molar-refractivity contribution is 0.472. The van der Waals surface area contributed by atoms with E-state index in [1.54, 1.807) is 0 Å². The van der Waals surface area contributed by atoms with Crippen LogP contribution < -0.4 is 10.6 Å². The molecular formula is C13H22N4. The van der Waals surface area contributed by atoms with Crippen LogP contribution in [0.25, 0.3) is 0 Å². The van der Waals surface area contributed by atoms with Crippen molar-refractivity contribution in [1.29, 1.82) is 0 Å². The van der Waals surface area contributed by atoms with E-state index in [0.29, 0.717) is 5.92 Å². The molecule has 0 saturated carbocycles. The lowest BCUT2D eigenvalue weighted by Gasteiger charge is -2.19. The lowest BCUT2D eigenvalue weighted by Crippen LogP contribution is -2.30. The lowest BCUT2D eigenvalue weighted by atomic mass is 9.99. The second-order valence-electron chi connectivity index (χ2n) is 5.04. The van der Waals surface area contributed by atoms with Gasteiger partial charge in [0.15, 0.2) is 0 Å². The molecule has 2 heterocycles. The molecule has 0 bridgehead atoms. The number of anilines is 1. The highest BCUT2D eigenvalue weighted by Crippen LogP contribution is 2.26. The molecule has 1 aliphatic heterocycles. The van der Waals surface area contributed by atoms with E-state index >= 15 is 0 Å². The predicted octanol–water partition coefficient (Wildman–Crippen LogP) is 1.66. The topological polar surface area (TPSA) is 55.0 Å². The Balaban J connectivity index is 2.16. The van der Waals surface area contributed by atoms with Crippen molar-refractivity contribution in [2.45, 2.75) is 39.7 Å². The normalized spacial score (nSPS) is 24.4. The minimum Gasteiger partial charge on any atom is -0.354 e. The van der Waals surface area contributed by atoms with Gasteiger partial charge < -0.3 is 10.6 Å². The average Bonchev–Trinajstić information content (AvgIpc) is 2.64. The molecule has 1 aromatic heterocycles. The summed E-state index contributed by atoms with van der Waals surface area (Å²) in [7, 11) is 0. The fraction of sp³-hybridized carbons (Fsp3) is 0.692. The van der Waals surface area contributed by atoms with Crippen molar-refractivity contribution in [1.82, 2.24) is 9.97 Å². The van der Waals surface area contributed by atoms with E-state index in [1.807, 2.05) is 13.1 Å². The third-order valence-corrected chi connectivity index (χ3v) is 3.52. The van der Waals surface area contributed by atoms with Gasteiger partial charge in [0, 0.05) is 30.9 Å². The zero-order valence-electron chi connectivity index (χ0n) is 11.0. The number of hydrogen-bond donors (Lipinski definition) is 1. The van der Waals surface area contributed by atoms with Crippen LogP contribution in [0.5, 0.6) is 0 Å². The molecule has 1 aromatic rings. The van der Waals surface area contributed by atoms with Gasteiger partial charge in [0.05, 0.1) is 0 Å². The first kappa shape index (κ1) is 12.3. The first-order valence-corrected chi connectivity index (χ1v) is 6.42. The summed E-state index contributed by atoms with van der Waals surface area (Å²) >= 11 is 0. The highest BCUT2D eigenvalue weighted by atomic mass is 15.2. The van der Waals surface area contributed by atoms with Crippen molar-refractivity contribution in [2.24, 2.45) is 11.7 Å². The van der Waals surface area contributed by atoms with Crippen LogP contribution in [0.4, 0.5) is 5.82 Å². The summed E-state index contributed by atoms with van der Waals surface area (Å²) < 4.78 is 0. The van der Waals surface area contributed by atoms with E-state index in [1.165, 1.54) is 12.8 Å². The van der Waals surface area contributed by atoms with Gasteiger partial charge in [-0.1, -0.05) is 13.3 Å². The maximum absolute atomic E-state index is 6.20. The fourth-order valence-electron chi connectivity index (χ4n) is 2.58. The van der Waals surface area contributed by atoms with Gasteiger partial charge in [0.2, 0.25) is 0 Å². The molecule has 0 unspecified atom stereocenters. The molecule has 4 nitrogen and oxygen atoms in total. The molecule has 2 rings (SSSR count). The molecule has 2 atom stereocenters. The van der Waals surface area contributed by atoms with Crippen molar-refractivity contribution in [3.05, 3.63) is 17.6 Å². The molecule has 2 N–H and O–H groups in total. The van der Waals surface area contributed by atoms with Crippen molar-refractivity contribution in [3.63, 3.8) is 0 Å². The van der Waals surface area contributed by atoms with E-state index in [4.69, 9.17) is 5.73 Å². The second-order valence-corrected chi connectivity index (χ2v) is 5.04. The summed E-state index contributed by atoms with van der Waals surface area (Å²) in [4.78, 5) is 11.1. The average molecular weight is 234 g/mol. The highest BCUT2D eigenvalue weighted by Gasteiger charge is 2.30. The van der Waals surface area contributed by atoms with Gasteiger partial charge in [-0.05, 0) is 26.2 Å². The number of hydrogen-bond acceptors (Lipinski definition) is 4. The first-order valence-electron chi connectivity index (χ1n) is 6.42. The number of rotatable bonds is 3. The zero-order valence-corrected chi connectivity index (χ0v) is 11.0. The van der Waals surface area contributed by atoms with Crippen LogP contribution in [0.15, 0.2) is 6.20 Å². The Bertz CT molecular complexity index is 391. The number of nitrogens with zero attached hydrogens (tertiary/aromatic N) is 3. The van der Waals surface area contributed by atoms with Crippen LogP contribution in [0.1, 0.15) is 31.2 Å². The summed E-state index contributed by atoms with van der Waals surface area (Å²) in [6.07, 6.45) is 4.31. The summed E-state index contributed by atoms with van der Waals surface area (Å²) in [6, 6.07) is 0.282. The largest absolute Gasteiger partial charge is 0.354 e. The summed E-state index contributed by atoms with van der Waals surface area (Å²) in [5.41, 5.74) is 7.33. The molecule has 0 radical (unpaired) electrons. The van der Waals surface area contributed by atoms with Crippen molar-refractivity contribution in [2.75, 3.05) is 18.0 Å². The van der Waals surface area contributed by atoms with Crippen molar-refractivity contribution in [3.8, 4) is 0 Å². The van der Waals surface area contributed by atoms with Gasteiger partial charge in [-0.15, -0.1) is 0 Å². The van der Waals surface area contributed by atoms with E-state index in [9.17, 15) is 0 Å². The van der Waals surface area contributed by atoms with Crippen molar-refractivity contribution >= 4 is 5.82 Å². The molecule has 94 valence electrons. The van der Waals surface area contributed by atoms with E-state index in [0.717, 1.165) is 30.3 Å². The third kappa shape index (κ3) is 2.57. The molecular weight excluding hydrogens is 212 g/mol. The Morgan fingerprint density at radius 1 is 1.41 bits per heavy atom. The molecule has 4 heteroatoms. The third-order valence-electron chi connectivity index (χ3n) is 3.52. The maximum Gasteiger partial charge on any atom is 0.135 e. The Morgan fingerprint density at radius 3 is 2.88 bits per heavy atom. The molecule has 0 amide bonds. The van der Waals surface area contributed by atoms with Crippen LogP contribution in [0, 0.1) is 19.8 Å². The maximum atomic E-state index is 6.20. The quantitative estimate of drug-likeness (QED) is 0.864. The van der Waals surface area contributed by atoms with Crippen molar-refractivity contribution < 1.29 is 0 Å². The van der Waals surface area contributed by atoms with Crippen LogP contribution in [-0.2, 0) is 0 Å². The Morgan fingerprint density at radius 2 is 2.18 bits per heavy atom. The van der Waals surface area contributed by atoms with Gasteiger partial charge in [-0.3, -0.25) is 0 Å². The summed E-state index contributed by atoms with van der Waals surface area (Å²) in [6.45, 7) is 8.17. The van der Waals surface area contributed by atoms with Gasteiger partial charge in [0.1, 0.15) is 11.6 Å². The number of nitrogens with two attached hydrogens (primary N) is 1. The minimum atomic E-state index is 0.282. The zero-order chi connectivity index (χ0) is 12.4. The monoisotopic (exact) mass is 234 g/mol. The Hall–Kier alpha value is -1.16. The van der Waals surface area contributed by atoms with Gasteiger partial charge in [-0.25, -0.2) is 9.97 Å². The number of aromatic nitrogens is 2. The van der Waals surface area contributed by atoms with E-state index in [-0.39, 0.29) is 6.04 Å². The molecule has 17 heavy (non-hydrogen) atoms. The summed E-state index contributed by atoms with van der Waals surface area (Å²) in [5, 5.41) is 0. The molecule has 1 aliphatic rings. The molecule has 0 spiro atoms.